The first-order valence-electron chi connectivity index (χ1n) is 6.01. The predicted molar refractivity (Wildman–Crippen MR) is 69.2 cm³/mol. The van der Waals surface area contributed by atoms with E-state index >= 15 is 0 Å². The lowest BCUT2D eigenvalue weighted by Crippen LogP contribution is -2.14. The number of ketones is 1. The van der Waals surface area contributed by atoms with Crippen LogP contribution in [0.15, 0.2) is 35.5 Å². The summed E-state index contributed by atoms with van der Waals surface area (Å²) >= 11 is 0. The van der Waals surface area contributed by atoms with Gasteiger partial charge >= 0.3 is 0 Å². The highest BCUT2D eigenvalue weighted by atomic mass is 16.1. The fourth-order valence-corrected chi connectivity index (χ4v) is 2.02. The van der Waals surface area contributed by atoms with E-state index in [9.17, 15) is 4.79 Å². The highest BCUT2D eigenvalue weighted by molar-refractivity contribution is 5.90. The van der Waals surface area contributed by atoms with Crippen molar-refractivity contribution >= 4 is 5.78 Å². The second kappa shape index (κ2) is 5.83. The van der Waals surface area contributed by atoms with Crippen molar-refractivity contribution in [3.8, 4) is 0 Å². The smallest absolute Gasteiger partial charge is 0.155 e. The minimum Gasteiger partial charge on any atom is -0.295 e. The number of allylic oxidation sites excluding steroid dienone is 6. The molecule has 1 aliphatic carbocycles. The molecule has 0 aromatic heterocycles. The lowest BCUT2D eigenvalue weighted by atomic mass is 9.84. The average Bonchev–Trinajstić information content (AvgIpc) is 2.16. The summed E-state index contributed by atoms with van der Waals surface area (Å²) in [5.74, 6) is 1.22. The van der Waals surface area contributed by atoms with Crippen LogP contribution in [0.5, 0.6) is 0 Å². The van der Waals surface area contributed by atoms with Gasteiger partial charge in [-0.05, 0) is 45.1 Å². The van der Waals surface area contributed by atoms with Crippen molar-refractivity contribution in [2.24, 2.45) is 11.8 Å². The van der Waals surface area contributed by atoms with Crippen LogP contribution in [-0.4, -0.2) is 5.78 Å². The molecule has 1 aliphatic rings. The minimum atomic E-state index is 0.257. The van der Waals surface area contributed by atoms with Crippen LogP contribution in [0.25, 0.3) is 0 Å². The van der Waals surface area contributed by atoms with E-state index in [0.717, 1.165) is 12.0 Å². The van der Waals surface area contributed by atoms with E-state index in [1.165, 1.54) is 5.57 Å². The van der Waals surface area contributed by atoms with E-state index in [4.69, 9.17) is 0 Å². The molecule has 0 unspecified atom stereocenters. The topological polar surface area (TPSA) is 17.1 Å². The molecule has 0 spiro atoms. The van der Waals surface area contributed by atoms with E-state index in [1.807, 2.05) is 13.8 Å². The van der Waals surface area contributed by atoms with E-state index in [2.05, 4.69) is 32.1 Å². The van der Waals surface area contributed by atoms with Crippen molar-refractivity contribution < 1.29 is 4.79 Å². The molecule has 88 valence electrons. The minimum absolute atomic E-state index is 0.257. The Kier molecular flexibility index (Phi) is 4.72. The zero-order valence-electron chi connectivity index (χ0n) is 10.8. The molecule has 16 heavy (non-hydrogen) atoms. The van der Waals surface area contributed by atoms with E-state index < -0.39 is 0 Å². The van der Waals surface area contributed by atoms with Gasteiger partial charge in [-0.3, -0.25) is 4.79 Å². The molecule has 0 amide bonds. The van der Waals surface area contributed by atoms with Gasteiger partial charge in [0.05, 0.1) is 0 Å². The Labute approximate surface area is 98.9 Å². The molecule has 0 aromatic carbocycles. The third kappa shape index (κ3) is 4.18. The third-order valence-electron chi connectivity index (χ3n) is 3.02. The Morgan fingerprint density at radius 1 is 1.56 bits per heavy atom. The molecule has 2 atom stereocenters. The van der Waals surface area contributed by atoms with Crippen molar-refractivity contribution in [2.75, 3.05) is 0 Å². The number of hydrogen-bond donors (Lipinski definition) is 0. The van der Waals surface area contributed by atoms with Crippen LogP contribution in [0, 0.1) is 11.8 Å². The molecule has 1 heteroatoms. The van der Waals surface area contributed by atoms with Crippen LogP contribution < -0.4 is 0 Å². The maximum atomic E-state index is 11.7. The van der Waals surface area contributed by atoms with Crippen LogP contribution in [0.3, 0.4) is 0 Å². The summed E-state index contributed by atoms with van der Waals surface area (Å²) in [7, 11) is 0. The Balaban J connectivity index is 2.48. The molecule has 0 saturated heterocycles. The molecule has 0 bridgehead atoms. The van der Waals surface area contributed by atoms with Gasteiger partial charge in [0.15, 0.2) is 5.78 Å². The monoisotopic (exact) mass is 218 g/mol. The molecule has 0 aliphatic heterocycles. The fourth-order valence-electron chi connectivity index (χ4n) is 2.02. The number of hydrogen-bond acceptors (Lipinski definition) is 1. The fraction of sp³-hybridized carbons (Fsp3) is 0.533. The largest absolute Gasteiger partial charge is 0.295 e. The van der Waals surface area contributed by atoms with Gasteiger partial charge in [0.2, 0.25) is 0 Å². The summed E-state index contributed by atoms with van der Waals surface area (Å²) < 4.78 is 0. The standard InChI is InChI=1S/C15H22O/c1-11(2)9-15(16)10-13(4)14-7-5-12(3)6-8-14/h5-7,9,13-14H,8,10H2,1-4H3/t13-,14+/m1/s1. The molecule has 0 fully saturated rings. The molecule has 1 rings (SSSR count). The zero-order valence-corrected chi connectivity index (χ0v) is 10.8. The van der Waals surface area contributed by atoms with Crippen molar-refractivity contribution in [2.45, 2.75) is 40.5 Å². The third-order valence-corrected chi connectivity index (χ3v) is 3.02. The second-order valence-electron chi connectivity index (χ2n) is 5.08. The van der Waals surface area contributed by atoms with Gasteiger partial charge in [-0.1, -0.05) is 36.3 Å². The lowest BCUT2D eigenvalue weighted by Gasteiger charge is -2.21. The Morgan fingerprint density at radius 2 is 2.25 bits per heavy atom. The molecule has 0 saturated carbocycles. The quantitative estimate of drug-likeness (QED) is 0.650. The van der Waals surface area contributed by atoms with Gasteiger partial charge < -0.3 is 0 Å². The van der Waals surface area contributed by atoms with Gasteiger partial charge in [0.25, 0.3) is 0 Å². The normalized spacial score (nSPS) is 21.2. The van der Waals surface area contributed by atoms with Crippen molar-refractivity contribution in [3.63, 3.8) is 0 Å². The summed E-state index contributed by atoms with van der Waals surface area (Å²) in [6.07, 6.45) is 10.2. The number of rotatable bonds is 4. The molecule has 0 aromatic rings. The predicted octanol–water partition coefficient (Wildman–Crippen LogP) is 4.07. The first-order chi connectivity index (χ1) is 7.49. The van der Waals surface area contributed by atoms with Gasteiger partial charge in [-0.15, -0.1) is 0 Å². The first-order valence-corrected chi connectivity index (χ1v) is 6.01. The van der Waals surface area contributed by atoms with Crippen molar-refractivity contribution in [3.05, 3.63) is 35.5 Å². The van der Waals surface area contributed by atoms with E-state index in [1.54, 1.807) is 6.08 Å². The van der Waals surface area contributed by atoms with Gasteiger partial charge in [-0.25, -0.2) is 0 Å². The summed E-state index contributed by atoms with van der Waals surface area (Å²) in [4.78, 5) is 11.7. The van der Waals surface area contributed by atoms with Crippen LogP contribution in [-0.2, 0) is 4.79 Å². The first kappa shape index (κ1) is 13.0. The Morgan fingerprint density at radius 3 is 2.75 bits per heavy atom. The SMILES string of the molecule is CC(C)=CC(=O)C[C@@H](C)[C@H]1C=CC(C)=CC1. The van der Waals surface area contributed by atoms with Gasteiger partial charge in [-0.2, -0.15) is 0 Å². The Hall–Kier alpha value is -1.11. The maximum absolute atomic E-state index is 11.7. The number of carbonyl (C=O) groups excluding carboxylic acids is 1. The van der Waals surface area contributed by atoms with Gasteiger partial charge in [0, 0.05) is 6.42 Å². The van der Waals surface area contributed by atoms with Crippen LogP contribution in [0.1, 0.15) is 40.5 Å². The maximum Gasteiger partial charge on any atom is 0.155 e. The molecule has 0 heterocycles. The molecular weight excluding hydrogens is 196 g/mol. The van der Waals surface area contributed by atoms with E-state index in [-0.39, 0.29) is 5.78 Å². The van der Waals surface area contributed by atoms with Crippen LogP contribution >= 0.6 is 0 Å². The highest BCUT2D eigenvalue weighted by Gasteiger charge is 2.17. The van der Waals surface area contributed by atoms with Crippen molar-refractivity contribution in [1.82, 2.24) is 0 Å². The summed E-state index contributed by atoms with van der Waals surface area (Å²) in [6.45, 7) is 8.22. The molecule has 0 N–H and O–H groups in total. The van der Waals surface area contributed by atoms with Crippen LogP contribution in [0.4, 0.5) is 0 Å². The summed E-state index contributed by atoms with van der Waals surface area (Å²) in [5.41, 5.74) is 2.42. The van der Waals surface area contributed by atoms with Crippen molar-refractivity contribution in [1.29, 1.82) is 0 Å². The van der Waals surface area contributed by atoms with Crippen LogP contribution in [0.2, 0.25) is 0 Å². The summed E-state index contributed by atoms with van der Waals surface area (Å²) in [5, 5.41) is 0. The van der Waals surface area contributed by atoms with E-state index in [0.29, 0.717) is 18.3 Å². The Bertz CT molecular complexity index is 340. The molecular formula is C15H22O. The number of carbonyl (C=O) groups is 1. The molecule has 1 nitrogen and oxygen atoms in total. The highest BCUT2D eigenvalue weighted by Crippen LogP contribution is 2.26. The zero-order chi connectivity index (χ0) is 12.1. The lowest BCUT2D eigenvalue weighted by molar-refractivity contribution is -0.115. The molecule has 0 radical (unpaired) electrons. The van der Waals surface area contributed by atoms with Gasteiger partial charge in [0.1, 0.15) is 0 Å². The second-order valence-corrected chi connectivity index (χ2v) is 5.08. The average molecular weight is 218 g/mol. The summed E-state index contributed by atoms with van der Waals surface area (Å²) in [6, 6.07) is 0.